The Labute approximate surface area is 193 Å². The zero-order chi connectivity index (χ0) is 23.1. The van der Waals surface area contributed by atoms with Gasteiger partial charge in [0.05, 0.1) is 24.3 Å². The van der Waals surface area contributed by atoms with E-state index in [-0.39, 0.29) is 23.6 Å². The number of methoxy groups -OCH3 is 1. The van der Waals surface area contributed by atoms with Crippen LogP contribution in [0.3, 0.4) is 0 Å². The van der Waals surface area contributed by atoms with Crippen LogP contribution < -0.4 is 13.8 Å². The molecule has 8 heteroatoms. The Kier molecular flexibility index (Phi) is 7.77. The number of carbonyl (C=O) groups excluding carboxylic acids is 1. The topological polar surface area (TPSA) is 72.9 Å². The number of nitrogens with zero attached hydrogens (tertiary/aromatic N) is 1. The van der Waals surface area contributed by atoms with Gasteiger partial charge in [0.1, 0.15) is 11.5 Å². The highest BCUT2D eigenvalue weighted by atomic mass is 35.5. The SMILES string of the molecule is COc1ccc(N(C(=O)CCCOc2cccc(C)c2)S(=O)(=O)c2ccc(Cl)cc2)cc1. The number of sulfonamides is 1. The number of ether oxygens (including phenoxy) is 2. The molecule has 0 saturated carbocycles. The molecule has 168 valence electrons. The second-order valence-electron chi connectivity index (χ2n) is 7.08. The normalized spacial score (nSPS) is 11.1. The summed E-state index contributed by atoms with van der Waals surface area (Å²) in [6.07, 6.45) is 0.347. The van der Waals surface area contributed by atoms with E-state index >= 15 is 0 Å². The molecular weight excluding hydrogens is 450 g/mol. The minimum atomic E-state index is -4.14. The predicted molar refractivity (Wildman–Crippen MR) is 125 cm³/mol. The van der Waals surface area contributed by atoms with E-state index in [0.717, 1.165) is 9.87 Å². The smallest absolute Gasteiger partial charge is 0.270 e. The molecule has 0 radical (unpaired) electrons. The fourth-order valence-corrected chi connectivity index (χ4v) is 4.64. The first-order valence-electron chi connectivity index (χ1n) is 9.98. The molecule has 6 nitrogen and oxygen atoms in total. The van der Waals surface area contributed by atoms with Gasteiger partial charge in [0.2, 0.25) is 5.91 Å². The van der Waals surface area contributed by atoms with Crippen molar-refractivity contribution in [2.24, 2.45) is 0 Å². The molecule has 1 amide bonds. The number of rotatable bonds is 9. The first kappa shape index (κ1) is 23.6. The highest BCUT2D eigenvalue weighted by molar-refractivity contribution is 7.93. The van der Waals surface area contributed by atoms with Crippen molar-refractivity contribution in [1.82, 2.24) is 0 Å². The fourth-order valence-electron chi connectivity index (χ4n) is 3.07. The van der Waals surface area contributed by atoms with E-state index in [2.05, 4.69) is 0 Å². The van der Waals surface area contributed by atoms with Crippen LogP contribution in [0.5, 0.6) is 11.5 Å². The van der Waals surface area contributed by atoms with Crippen molar-refractivity contribution in [3.8, 4) is 11.5 Å². The van der Waals surface area contributed by atoms with Crippen molar-refractivity contribution < 1.29 is 22.7 Å². The number of halogens is 1. The Morgan fingerprint density at radius 2 is 1.66 bits per heavy atom. The second-order valence-corrected chi connectivity index (χ2v) is 9.31. The summed E-state index contributed by atoms with van der Waals surface area (Å²) in [7, 11) is -2.63. The molecule has 0 aliphatic carbocycles. The highest BCUT2D eigenvalue weighted by Crippen LogP contribution is 2.27. The van der Waals surface area contributed by atoms with Crippen molar-refractivity contribution >= 4 is 33.2 Å². The van der Waals surface area contributed by atoms with Crippen molar-refractivity contribution in [1.29, 1.82) is 0 Å². The lowest BCUT2D eigenvalue weighted by Gasteiger charge is -2.23. The third-order valence-electron chi connectivity index (χ3n) is 4.68. The maximum atomic E-state index is 13.3. The summed E-state index contributed by atoms with van der Waals surface area (Å²) >= 11 is 5.90. The molecule has 32 heavy (non-hydrogen) atoms. The predicted octanol–water partition coefficient (Wildman–Crippen LogP) is 5.24. The summed E-state index contributed by atoms with van der Waals surface area (Å²) in [5.74, 6) is 0.702. The summed E-state index contributed by atoms with van der Waals surface area (Å²) in [4.78, 5) is 13.1. The lowest BCUT2D eigenvalue weighted by atomic mass is 10.2. The maximum Gasteiger partial charge on any atom is 0.270 e. The molecule has 0 bridgehead atoms. The number of carbonyl (C=O) groups is 1. The Bertz CT molecular complexity index is 1160. The monoisotopic (exact) mass is 473 g/mol. The molecule has 0 aromatic heterocycles. The number of aryl methyl sites for hydroxylation is 1. The average Bonchev–Trinajstić information content (AvgIpc) is 2.77. The van der Waals surface area contributed by atoms with E-state index in [1.54, 1.807) is 12.1 Å². The minimum absolute atomic E-state index is 0.00926. The molecule has 0 N–H and O–H groups in total. The second kappa shape index (κ2) is 10.5. The van der Waals surface area contributed by atoms with Crippen LogP contribution in [0.2, 0.25) is 5.02 Å². The molecule has 3 aromatic carbocycles. The number of benzene rings is 3. The van der Waals surface area contributed by atoms with Crippen LogP contribution in [0.4, 0.5) is 5.69 Å². The molecule has 0 unspecified atom stereocenters. The van der Waals surface area contributed by atoms with Gasteiger partial charge in [-0.15, -0.1) is 0 Å². The van der Waals surface area contributed by atoms with Gasteiger partial charge in [-0.1, -0.05) is 23.7 Å². The van der Waals surface area contributed by atoms with Crippen LogP contribution in [-0.2, 0) is 14.8 Å². The number of anilines is 1. The quantitative estimate of drug-likeness (QED) is 0.397. The van der Waals surface area contributed by atoms with Crippen molar-refractivity contribution in [3.63, 3.8) is 0 Å². The number of amides is 1. The van der Waals surface area contributed by atoms with Crippen LogP contribution in [0, 0.1) is 6.92 Å². The molecule has 0 spiro atoms. The first-order valence-corrected chi connectivity index (χ1v) is 11.8. The number of hydrogen-bond acceptors (Lipinski definition) is 5. The Hall–Kier alpha value is -3.03. The highest BCUT2D eigenvalue weighted by Gasteiger charge is 2.30. The van der Waals surface area contributed by atoms with Crippen LogP contribution in [0.15, 0.2) is 77.7 Å². The van der Waals surface area contributed by atoms with E-state index in [0.29, 0.717) is 22.9 Å². The lowest BCUT2D eigenvalue weighted by Crippen LogP contribution is -2.37. The summed E-state index contributed by atoms with van der Waals surface area (Å²) in [6, 6.07) is 19.6. The molecule has 0 saturated heterocycles. The standard InChI is InChI=1S/C24H24ClNO5S/c1-18-5-3-6-22(17-18)31-16-4-7-24(27)26(20-10-12-21(30-2)13-11-20)32(28,29)23-14-8-19(25)9-15-23/h3,5-6,8-15,17H,4,7,16H2,1-2H3. The van der Waals surface area contributed by atoms with Gasteiger partial charge in [0.25, 0.3) is 10.0 Å². The van der Waals surface area contributed by atoms with Crippen molar-refractivity contribution in [2.75, 3.05) is 18.0 Å². The molecule has 0 aliphatic rings. The van der Waals surface area contributed by atoms with Gasteiger partial charge in [0, 0.05) is 11.4 Å². The first-order chi connectivity index (χ1) is 15.3. The van der Waals surface area contributed by atoms with Crippen molar-refractivity contribution in [2.45, 2.75) is 24.7 Å². The average molecular weight is 474 g/mol. The van der Waals surface area contributed by atoms with Crippen LogP contribution in [0.1, 0.15) is 18.4 Å². The Balaban J connectivity index is 1.79. The van der Waals surface area contributed by atoms with Crippen LogP contribution in [-0.4, -0.2) is 28.0 Å². The van der Waals surface area contributed by atoms with Gasteiger partial charge in [-0.3, -0.25) is 4.79 Å². The minimum Gasteiger partial charge on any atom is -0.497 e. The third-order valence-corrected chi connectivity index (χ3v) is 6.69. The third kappa shape index (κ3) is 5.81. The summed E-state index contributed by atoms with van der Waals surface area (Å²) in [5.41, 5.74) is 1.30. The molecule has 0 fully saturated rings. The molecule has 0 atom stereocenters. The summed E-state index contributed by atoms with van der Waals surface area (Å²) < 4.78 is 38.3. The largest absolute Gasteiger partial charge is 0.497 e. The maximum absolute atomic E-state index is 13.3. The van der Waals surface area contributed by atoms with E-state index in [1.165, 1.54) is 43.5 Å². The van der Waals surface area contributed by atoms with E-state index in [9.17, 15) is 13.2 Å². The van der Waals surface area contributed by atoms with Crippen LogP contribution in [0.25, 0.3) is 0 Å². The van der Waals surface area contributed by atoms with Gasteiger partial charge >= 0.3 is 0 Å². The lowest BCUT2D eigenvalue weighted by molar-refractivity contribution is -0.117. The van der Waals surface area contributed by atoms with Crippen LogP contribution >= 0.6 is 11.6 Å². The van der Waals surface area contributed by atoms with Gasteiger partial charge in [-0.25, -0.2) is 12.7 Å². The van der Waals surface area contributed by atoms with Gasteiger partial charge in [0.15, 0.2) is 0 Å². The van der Waals surface area contributed by atoms with E-state index in [1.807, 2.05) is 31.2 Å². The molecular formula is C24H24ClNO5S. The summed E-state index contributed by atoms with van der Waals surface area (Å²) in [5, 5.41) is 0.402. The molecule has 3 rings (SSSR count). The zero-order valence-corrected chi connectivity index (χ0v) is 19.4. The Morgan fingerprint density at radius 3 is 2.28 bits per heavy atom. The zero-order valence-electron chi connectivity index (χ0n) is 17.8. The van der Waals surface area contributed by atoms with Gasteiger partial charge in [-0.05, 0) is 79.6 Å². The fraction of sp³-hybridized carbons (Fsp3) is 0.208. The molecule has 0 aliphatic heterocycles. The molecule has 3 aromatic rings. The van der Waals surface area contributed by atoms with Gasteiger partial charge in [-0.2, -0.15) is 0 Å². The van der Waals surface area contributed by atoms with Crippen molar-refractivity contribution in [3.05, 3.63) is 83.4 Å². The Morgan fingerprint density at radius 1 is 0.969 bits per heavy atom. The van der Waals surface area contributed by atoms with Gasteiger partial charge < -0.3 is 9.47 Å². The van der Waals surface area contributed by atoms with E-state index < -0.39 is 15.9 Å². The number of hydrogen-bond donors (Lipinski definition) is 0. The molecule has 0 heterocycles. The van der Waals surface area contributed by atoms with E-state index in [4.69, 9.17) is 21.1 Å². The summed E-state index contributed by atoms with van der Waals surface area (Å²) in [6.45, 7) is 2.25.